The lowest BCUT2D eigenvalue weighted by Gasteiger charge is -2.27. The van der Waals surface area contributed by atoms with E-state index in [1.807, 2.05) is 0 Å². The van der Waals surface area contributed by atoms with Gasteiger partial charge in [-0.3, -0.25) is 14.3 Å². The third-order valence-corrected chi connectivity index (χ3v) is 5.39. The van der Waals surface area contributed by atoms with Gasteiger partial charge in [-0.2, -0.15) is 0 Å². The van der Waals surface area contributed by atoms with Crippen LogP contribution >= 0.6 is 34.5 Å². The van der Waals surface area contributed by atoms with Crippen molar-refractivity contribution in [2.24, 2.45) is 0 Å². The summed E-state index contributed by atoms with van der Waals surface area (Å²) < 4.78 is 12.7. The van der Waals surface area contributed by atoms with Gasteiger partial charge in [-0.1, -0.05) is 23.2 Å². The second-order valence-electron chi connectivity index (χ2n) is 3.66. The first-order valence-corrected chi connectivity index (χ1v) is 7.82. The first-order valence-electron chi connectivity index (χ1n) is 4.76. The molecule has 0 aromatic carbocycles. The van der Waals surface area contributed by atoms with Gasteiger partial charge in [-0.05, 0) is 6.07 Å². The largest absolute Gasteiger partial charge is 0.480 e. The number of hydrogen-bond donors (Lipinski definition) is 2. The quantitative estimate of drug-likeness (QED) is 0.875. The maximum Gasteiger partial charge on any atom is 0.321 e. The van der Waals surface area contributed by atoms with E-state index >= 15 is 0 Å². The Kier molecular flexibility index (Phi) is 4.10. The molecule has 4 nitrogen and oxygen atoms in total. The summed E-state index contributed by atoms with van der Waals surface area (Å²) in [5.41, 5.74) is 0.723. The van der Waals surface area contributed by atoms with Gasteiger partial charge in [0.05, 0.1) is 8.67 Å². The lowest BCUT2D eigenvalue weighted by Crippen LogP contribution is -2.49. The number of carboxylic acid groups (broad SMARTS) is 1. The minimum absolute atomic E-state index is 0.126. The molecule has 0 radical (unpaired) electrons. The summed E-state index contributed by atoms with van der Waals surface area (Å²) in [5.74, 6) is -0.516. The van der Waals surface area contributed by atoms with Crippen LogP contribution in [0.4, 0.5) is 0 Å². The van der Waals surface area contributed by atoms with E-state index in [2.05, 4.69) is 5.32 Å². The molecule has 2 heterocycles. The second kappa shape index (κ2) is 5.24. The molecule has 3 atom stereocenters. The monoisotopic (exact) mass is 313 g/mol. The first kappa shape index (κ1) is 13.3. The number of aliphatic carboxylic acids is 1. The van der Waals surface area contributed by atoms with E-state index in [0.29, 0.717) is 14.4 Å². The Morgan fingerprint density at radius 2 is 2.24 bits per heavy atom. The summed E-state index contributed by atoms with van der Waals surface area (Å²) in [5, 5.41) is 11.9. The van der Waals surface area contributed by atoms with Crippen molar-refractivity contribution in [3.8, 4) is 0 Å². The van der Waals surface area contributed by atoms with E-state index in [4.69, 9.17) is 28.3 Å². The van der Waals surface area contributed by atoms with Crippen molar-refractivity contribution in [3.63, 3.8) is 0 Å². The van der Waals surface area contributed by atoms with Crippen molar-refractivity contribution in [3.05, 3.63) is 20.3 Å². The smallest absolute Gasteiger partial charge is 0.321 e. The number of thiophene rings is 1. The maximum atomic E-state index is 11.6. The molecule has 0 amide bonds. The summed E-state index contributed by atoms with van der Waals surface area (Å²) >= 11 is 13.1. The van der Waals surface area contributed by atoms with Gasteiger partial charge < -0.3 is 5.11 Å². The Morgan fingerprint density at radius 1 is 1.53 bits per heavy atom. The predicted octanol–water partition coefficient (Wildman–Crippen LogP) is 1.90. The van der Waals surface area contributed by atoms with Gasteiger partial charge in [-0.15, -0.1) is 11.3 Å². The molecule has 2 rings (SSSR count). The molecular formula is C9H9Cl2NO3S2. The molecule has 0 aliphatic carbocycles. The number of rotatable bonds is 2. The van der Waals surface area contributed by atoms with Gasteiger partial charge in [-0.25, -0.2) is 0 Å². The molecule has 2 N–H and O–H groups in total. The normalized spacial score (nSPS) is 29.2. The number of hydrogen-bond acceptors (Lipinski definition) is 4. The third kappa shape index (κ3) is 3.00. The van der Waals surface area contributed by atoms with Crippen LogP contribution in [-0.4, -0.2) is 32.8 Å². The van der Waals surface area contributed by atoms with Crippen molar-refractivity contribution in [1.29, 1.82) is 0 Å². The Bertz CT molecular complexity index is 477. The van der Waals surface area contributed by atoms with Gasteiger partial charge in [0.1, 0.15) is 6.04 Å². The SMILES string of the molecule is O=C(O)C1CS(=O)CC(c2cc(Cl)sc2Cl)N1. The predicted molar refractivity (Wildman–Crippen MR) is 69.5 cm³/mol. The van der Waals surface area contributed by atoms with Crippen LogP contribution in [0.5, 0.6) is 0 Å². The summed E-state index contributed by atoms with van der Waals surface area (Å²) in [6.45, 7) is 0. The molecule has 94 valence electrons. The van der Waals surface area contributed by atoms with E-state index in [-0.39, 0.29) is 11.8 Å². The van der Waals surface area contributed by atoms with Crippen molar-refractivity contribution in [2.45, 2.75) is 12.1 Å². The lowest BCUT2D eigenvalue weighted by molar-refractivity contribution is -0.139. The van der Waals surface area contributed by atoms with Crippen LogP contribution in [0, 0.1) is 0 Å². The minimum Gasteiger partial charge on any atom is -0.480 e. The lowest BCUT2D eigenvalue weighted by atomic mass is 10.1. The zero-order chi connectivity index (χ0) is 12.6. The molecular weight excluding hydrogens is 305 g/mol. The van der Waals surface area contributed by atoms with Gasteiger partial charge in [0.15, 0.2) is 0 Å². The number of halogens is 2. The van der Waals surface area contributed by atoms with Crippen LogP contribution in [0.2, 0.25) is 8.67 Å². The average Bonchev–Trinajstić information content (AvgIpc) is 2.57. The van der Waals surface area contributed by atoms with E-state index < -0.39 is 22.8 Å². The Hall–Kier alpha value is -0.140. The van der Waals surface area contributed by atoms with E-state index in [1.165, 1.54) is 11.3 Å². The highest BCUT2D eigenvalue weighted by Gasteiger charge is 2.32. The zero-order valence-electron chi connectivity index (χ0n) is 8.48. The average molecular weight is 314 g/mol. The van der Waals surface area contributed by atoms with E-state index in [0.717, 1.165) is 5.56 Å². The molecule has 1 aliphatic heterocycles. The molecule has 0 spiro atoms. The highest BCUT2D eigenvalue weighted by molar-refractivity contribution is 7.85. The number of carbonyl (C=O) groups is 1. The van der Waals surface area contributed by atoms with Gasteiger partial charge in [0.25, 0.3) is 0 Å². The zero-order valence-corrected chi connectivity index (χ0v) is 11.6. The summed E-state index contributed by atoms with van der Waals surface area (Å²) in [6.07, 6.45) is 0. The topological polar surface area (TPSA) is 66.4 Å². The fourth-order valence-corrected chi connectivity index (χ4v) is 4.67. The first-order chi connectivity index (χ1) is 7.97. The number of carboxylic acids is 1. The summed E-state index contributed by atoms with van der Waals surface area (Å²) in [7, 11) is -1.16. The Morgan fingerprint density at radius 3 is 2.76 bits per heavy atom. The van der Waals surface area contributed by atoms with Gasteiger partial charge in [0, 0.05) is 33.9 Å². The molecule has 1 aromatic heterocycles. The standard InChI is InChI=1S/C9H9Cl2NO3S2/c10-7-1-4(8(11)16-7)5-2-17(15)3-6(12-5)9(13)14/h1,5-6,12H,2-3H2,(H,13,14). The summed E-state index contributed by atoms with van der Waals surface area (Å²) in [6, 6.07) is 0.569. The van der Waals surface area contributed by atoms with Crippen molar-refractivity contribution >= 4 is 51.3 Å². The summed E-state index contributed by atoms with van der Waals surface area (Å²) in [4.78, 5) is 10.9. The van der Waals surface area contributed by atoms with E-state index in [1.54, 1.807) is 6.07 Å². The molecule has 0 bridgehead atoms. The fourth-order valence-electron chi connectivity index (χ4n) is 1.69. The Labute approximate surface area is 114 Å². The third-order valence-electron chi connectivity index (χ3n) is 2.46. The molecule has 1 aromatic rings. The van der Waals surface area contributed by atoms with Crippen LogP contribution in [0.15, 0.2) is 6.07 Å². The molecule has 3 unspecified atom stereocenters. The van der Waals surface area contributed by atoms with Crippen LogP contribution in [0.25, 0.3) is 0 Å². The van der Waals surface area contributed by atoms with Crippen LogP contribution in [0.3, 0.4) is 0 Å². The van der Waals surface area contributed by atoms with Gasteiger partial charge in [0.2, 0.25) is 0 Å². The number of nitrogens with one attached hydrogen (secondary N) is 1. The van der Waals surface area contributed by atoms with Crippen molar-refractivity contribution < 1.29 is 14.1 Å². The molecule has 1 aliphatic rings. The maximum absolute atomic E-state index is 11.6. The molecule has 0 saturated carbocycles. The molecule has 17 heavy (non-hydrogen) atoms. The van der Waals surface area contributed by atoms with Crippen LogP contribution in [0.1, 0.15) is 11.6 Å². The Balaban J connectivity index is 2.24. The highest BCUT2D eigenvalue weighted by Crippen LogP contribution is 2.36. The minimum atomic E-state index is -1.16. The highest BCUT2D eigenvalue weighted by atomic mass is 35.5. The molecule has 1 fully saturated rings. The van der Waals surface area contributed by atoms with Crippen LogP contribution < -0.4 is 5.32 Å². The van der Waals surface area contributed by atoms with Gasteiger partial charge >= 0.3 is 5.97 Å². The molecule has 1 saturated heterocycles. The van der Waals surface area contributed by atoms with Crippen molar-refractivity contribution in [1.82, 2.24) is 5.32 Å². The fraction of sp³-hybridized carbons (Fsp3) is 0.444. The van der Waals surface area contributed by atoms with Crippen LogP contribution in [-0.2, 0) is 15.6 Å². The second-order valence-corrected chi connectivity index (χ2v) is 7.49. The van der Waals surface area contributed by atoms with Crippen molar-refractivity contribution in [2.75, 3.05) is 11.5 Å². The molecule has 8 heteroatoms. The van der Waals surface area contributed by atoms with E-state index in [9.17, 15) is 9.00 Å².